The summed E-state index contributed by atoms with van der Waals surface area (Å²) in [6.07, 6.45) is 1.69. The van der Waals surface area contributed by atoms with Gasteiger partial charge in [-0.1, -0.05) is 26.0 Å². The fourth-order valence-corrected chi connectivity index (χ4v) is 3.38. The number of morpholine rings is 1. The monoisotopic (exact) mass is 432 g/mol. The highest BCUT2D eigenvalue weighted by molar-refractivity contribution is 5.98. The summed E-state index contributed by atoms with van der Waals surface area (Å²) in [5, 5.41) is 5.26. The highest BCUT2D eigenvalue weighted by Crippen LogP contribution is 2.19. The number of hydrogen-bond acceptors (Lipinski definition) is 5. The molecule has 2 heterocycles. The number of ether oxygens (including phenoxy) is 1. The highest BCUT2D eigenvalue weighted by Gasteiger charge is 2.27. The first-order chi connectivity index (χ1) is 14.9. The van der Waals surface area contributed by atoms with Crippen molar-refractivity contribution in [1.82, 2.24) is 15.6 Å². The van der Waals surface area contributed by atoms with Crippen LogP contribution in [0.2, 0.25) is 0 Å². The van der Waals surface area contributed by atoms with Crippen LogP contribution in [0.25, 0.3) is 0 Å². The van der Waals surface area contributed by atoms with Crippen LogP contribution in [0.15, 0.2) is 36.5 Å². The average Bonchev–Trinajstić information content (AvgIpc) is 2.76. The first kappa shape index (κ1) is 22.6. The fourth-order valence-electron chi connectivity index (χ4n) is 3.38. The molecule has 1 aromatic heterocycles. The summed E-state index contributed by atoms with van der Waals surface area (Å²) in [6, 6.07) is 5.86. The lowest BCUT2D eigenvalue weighted by Crippen LogP contribution is -2.50. The van der Waals surface area contributed by atoms with Crippen molar-refractivity contribution in [3.8, 4) is 0 Å². The largest absolute Gasteiger partial charge is 0.378 e. The van der Waals surface area contributed by atoms with Crippen LogP contribution < -0.4 is 15.5 Å². The third-order valence-corrected chi connectivity index (χ3v) is 5.06. The van der Waals surface area contributed by atoms with Gasteiger partial charge in [0.2, 0.25) is 5.91 Å². The summed E-state index contributed by atoms with van der Waals surface area (Å²) in [5.74, 6) is -2.91. The van der Waals surface area contributed by atoms with E-state index in [1.165, 1.54) is 6.07 Å². The summed E-state index contributed by atoms with van der Waals surface area (Å²) >= 11 is 0. The van der Waals surface area contributed by atoms with Crippen molar-refractivity contribution in [2.45, 2.75) is 26.4 Å². The second-order valence-corrected chi connectivity index (χ2v) is 7.60. The third-order valence-electron chi connectivity index (χ3n) is 5.06. The highest BCUT2D eigenvalue weighted by atomic mass is 19.1. The molecule has 0 bridgehead atoms. The number of carbonyl (C=O) groups excluding carboxylic acids is 2. The van der Waals surface area contributed by atoms with Crippen molar-refractivity contribution >= 4 is 17.6 Å². The Hall–Kier alpha value is -3.07. The molecule has 31 heavy (non-hydrogen) atoms. The van der Waals surface area contributed by atoms with Gasteiger partial charge in [-0.25, -0.2) is 13.8 Å². The van der Waals surface area contributed by atoms with Gasteiger partial charge in [-0.2, -0.15) is 0 Å². The second-order valence-electron chi connectivity index (χ2n) is 7.60. The van der Waals surface area contributed by atoms with Crippen molar-refractivity contribution in [3.05, 3.63) is 59.3 Å². The fraction of sp³-hybridized carbons (Fsp3) is 0.409. The molecule has 1 atom stereocenters. The predicted molar refractivity (Wildman–Crippen MR) is 112 cm³/mol. The number of nitrogens with zero attached hydrogens (tertiary/aromatic N) is 2. The molecule has 2 N–H and O–H groups in total. The molecule has 2 amide bonds. The van der Waals surface area contributed by atoms with E-state index in [4.69, 9.17) is 4.74 Å². The Kier molecular flexibility index (Phi) is 7.51. The number of rotatable bonds is 7. The molecule has 1 aliphatic heterocycles. The molecule has 3 rings (SSSR count). The number of halogens is 2. The maximum atomic E-state index is 13.9. The molecule has 9 heteroatoms. The number of hydrogen-bond donors (Lipinski definition) is 2. The van der Waals surface area contributed by atoms with Gasteiger partial charge < -0.3 is 20.3 Å². The van der Waals surface area contributed by atoms with Gasteiger partial charge in [-0.15, -0.1) is 0 Å². The number of anilines is 1. The standard InChI is InChI=1S/C22H26F2N4O3/c1-14(2)19(27-21(29)18-16(23)6-3-7-17(18)24)22(30)26-13-15-5-4-8-25-20(15)28-9-11-31-12-10-28/h3-8,14,19H,9-13H2,1-2H3,(H,26,30)(H,27,29). The maximum absolute atomic E-state index is 13.9. The van der Waals surface area contributed by atoms with E-state index in [-0.39, 0.29) is 12.5 Å². The van der Waals surface area contributed by atoms with E-state index in [9.17, 15) is 18.4 Å². The first-order valence-electron chi connectivity index (χ1n) is 10.2. The Labute approximate surface area is 179 Å². The zero-order chi connectivity index (χ0) is 22.4. The normalized spacial score (nSPS) is 14.9. The summed E-state index contributed by atoms with van der Waals surface area (Å²) in [4.78, 5) is 31.8. The predicted octanol–water partition coefficient (Wildman–Crippen LogP) is 2.27. The van der Waals surface area contributed by atoms with Crippen LogP contribution in [-0.4, -0.2) is 49.1 Å². The minimum absolute atomic E-state index is 0.201. The van der Waals surface area contributed by atoms with Gasteiger partial charge in [0.15, 0.2) is 0 Å². The van der Waals surface area contributed by atoms with Crippen molar-refractivity contribution in [2.24, 2.45) is 5.92 Å². The molecule has 2 aromatic rings. The average molecular weight is 432 g/mol. The lowest BCUT2D eigenvalue weighted by atomic mass is 10.0. The maximum Gasteiger partial charge on any atom is 0.257 e. The van der Waals surface area contributed by atoms with Crippen LogP contribution in [0.4, 0.5) is 14.6 Å². The van der Waals surface area contributed by atoms with Crippen molar-refractivity contribution < 1.29 is 23.1 Å². The molecule has 166 valence electrons. The SMILES string of the molecule is CC(C)C(NC(=O)c1c(F)cccc1F)C(=O)NCc1cccnc1N1CCOCC1. The van der Waals surface area contributed by atoms with E-state index < -0.39 is 35.1 Å². The second kappa shape index (κ2) is 10.3. The minimum Gasteiger partial charge on any atom is -0.378 e. The third kappa shape index (κ3) is 5.55. The van der Waals surface area contributed by atoms with E-state index in [0.717, 1.165) is 23.5 Å². The Morgan fingerprint density at radius 2 is 1.81 bits per heavy atom. The van der Waals surface area contributed by atoms with Gasteiger partial charge in [-0.3, -0.25) is 9.59 Å². The van der Waals surface area contributed by atoms with Crippen molar-refractivity contribution in [2.75, 3.05) is 31.2 Å². The van der Waals surface area contributed by atoms with Gasteiger partial charge >= 0.3 is 0 Å². The van der Waals surface area contributed by atoms with E-state index in [1.54, 1.807) is 26.1 Å². The first-order valence-corrected chi connectivity index (χ1v) is 10.2. The smallest absolute Gasteiger partial charge is 0.257 e. The van der Waals surface area contributed by atoms with Crippen LogP contribution in [0, 0.1) is 17.6 Å². The minimum atomic E-state index is -0.981. The van der Waals surface area contributed by atoms with E-state index in [0.29, 0.717) is 26.3 Å². The number of amides is 2. The lowest BCUT2D eigenvalue weighted by Gasteiger charge is -2.29. The quantitative estimate of drug-likeness (QED) is 0.701. The topological polar surface area (TPSA) is 83.6 Å². The zero-order valence-electron chi connectivity index (χ0n) is 17.5. The van der Waals surface area contributed by atoms with Gasteiger partial charge in [0.05, 0.1) is 13.2 Å². The lowest BCUT2D eigenvalue weighted by molar-refractivity contribution is -0.124. The van der Waals surface area contributed by atoms with E-state index in [1.807, 2.05) is 6.07 Å². The number of carbonyl (C=O) groups is 2. The molecule has 0 aliphatic carbocycles. The van der Waals surface area contributed by atoms with Crippen LogP contribution >= 0.6 is 0 Å². The summed E-state index contributed by atoms with van der Waals surface area (Å²) in [7, 11) is 0. The zero-order valence-corrected chi connectivity index (χ0v) is 17.5. The van der Waals surface area contributed by atoms with Crippen molar-refractivity contribution in [3.63, 3.8) is 0 Å². The molecular formula is C22H26F2N4O3. The number of aromatic nitrogens is 1. The molecule has 7 nitrogen and oxygen atoms in total. The number of benzene rings is 1. The van der Waals surface area contributed by atoms with Gasteiger partial charge in [0.1, 0.15) is 29.1 Å². The van der Waals surface area contributed by atoms with Crippen LogP contribution in [0.1, 0.15) is 29.8 Å². The van der Waals surface area contributed by atoms with E-state index in [2.05, 4.69) is 20.5 Å². The Bertz CT molecular complexity index is 912. The Morgan fingerprint density at radius 1 is 1.13 bits per heavy atom. The number of nitrogens with one attached hydrogen (secondary N) is 2. The molecule has 1 fully saturated rings. The molecule has 0 radical (unpaired) electrons. The molecule has 0 spiro atoms. The summed E-state index contributed by atoms with van der Waals surface area (Å²) in [5.41, 5.74) is 0.120. The summed E-state index contributed by atoms with van der Waals surface area (Å²) < 4.78 is 33.2. The molecule has 1 aromatic carbocycles. The molecule has 0 saturated carbocycles. The van der Waals surface area contributed by atoms with Crippen LogP contribution in [0.5, 0.6) is 0 Å². The number of pyridine rings is 1. The Balaban J connectivity index is 1.69. The Morgan fingerprint density at radius 3 is 2.45 bits per heavy atom. The summed E-state index contributed by atoms with van der Waals surface area (Å²) in [6.45, 7) is 6.31. The van der Waals surface area contributed by atoms with Crippen LogP contribution in [0.3, 0.4) is 0 Å². The molecule has 1 unspecified atom stereocenters. The van der Waals surface area contributed by atoms with Gasteiger partial charge in [-0.05, 0) is 24.1 Å². The van der Waals surface area contributed by atoms with Crippen LogP contribution in [-0.2, 0) is 16.1 Å². The van der Waals surface area contributed by atoms with E-state index >= 15 is 0 Å². The van der Waals surface area contributed by atoms with Gasteiger partial charge in [0, 0.05) is 31.4 Å². The van der Waals surface area contributed by atoms with Gasteiger partial charge in [0.25, 0.3) is 5.91 Å². The molecule has 1 saturated heterocycles. The molecular weight excluding hydrogens is 406 g/mol. The molecule has 1 aliphatic rings. The van der Waals surface area contributed by atoms with Crippen molar-refractivity contribution in [1.29, 1.82) is 0 Å².